The number of nitrogens with one attached hydrogen (secondary N) is 2. The first-order valence-corrected chi connectivity index (χ1v) is 9.08. The first kappa shape index (κ1) is 15.6. The molecule has 1 atom stereocenters. The number of carbonyl (C=O) groups excluding carboxylic acids is 1. The first-order valence-electron chi connectivity index (χ1n) is 8.70. The average molecular weight is 369 g/mol. The van der Waals surface area contributed by atoms with E-state index in [4.69, 9.17) is 21.1 Å². The van der Waals surface area contributed by atoms with Crippen LogP contribution in [0, 0.1) is 0 Å². The fraction of sp³-hybridized carbons (Fsp3) is 0.250. The van der Waals surface area contributed by atoms with Gasteiger partial charge in [-0.1, -0.05) is 23.7 Å². The lowest BCUT2D eigenvalue weighted by molar-refractivity contribution is 0.0931. The smallest absolute Gasteiger partial charge is 0.251 e. The van der Waals surface area contributed by atoms with E-state index in [2.05, 4.69) is 16.4 Å². The molecule has 26 heavy (non-hydrogen) atoms. The van der Waals surface area contributed by atoms with Crippen molar-refractivity contribution in [1.82, 2.24) is 10.3 Å². The molecule has 5 nitrogen and oxygen atoms in total. The highest BCUT2D eigenvalue weighted by Gasteiger charge is 2.27. The SMILES string of the molecule is O=C(N[C@H]1CCCc2c1[nH]c1c(Cl)cccc21)c1ccc2c(c1)OCO2. The molecule has 1 aromatic heterocycles. The number of H-pyrrole nitrogens is 1. The Morgan fingerprint density at radius 1 is 1.19 bits per heavy atom. The third-order valence-corrected chi connectivity index (χ3v) is 5.45. The molecule has 0 saturated heterocycles. The highest BCUT2D eigenvalue weighted by molar-refractivity contribution is 6.35. The van der Waals surface area contributed by atoms with E-state index >= 15 is 0 Å². The van der Waals surface area contributed by atoms with Gasteiger partial charge in [0.15, 0.2) is 11.5 Å². The van der Waals surface area contributed by atoms with Crippen LogP contribution in [-0.2, 0) is 6.42 Å². The monoisotopic (exact) mass is 368 g/mol. The third kappa shape index (κ3) is 2.42. The summed E-state index contributed by atoms with van der Waals surface area (Å²) in [5.74, 6) is 1.16. The number of carbonyl (C=O) groups is 1. The molecule has 2 aliphatic rings. The molecule has 0 bridgehead atoms. The largest absolute Gasteiger partial charge is 0.454 e. The fourth-order valence-corrected chi connectivity index (χ4v) is 4.10. The molecule has 0 radical (unpaired) electrons. The zero-order valence-electron chi connectivity index (χ0n) is 14.0. The van der Waals surface area contributed by atoms with Gasteiger partial charge in [0.05, 0.1) is 16.6 Å². The van der Waals surface area contributed by atoms with Crippen LogP contribution in [0.1, 0.15) is 40.5 Å². The van der Waals surface area contributed by atoms with Crippen molar-refractivity contribution in [1.29, 1.82) is 0 Å². The quantitative estimate of drug-likeness (QED) is 0.706. The van der Waals surface area contributed by atoms with Crippen LogP contribution in [0.15, 0.2) is 36.4 Å². The van der Waals surface area contributed by atoms with Crippen molar-refractivity contribution in [3.05, 3.63) is 58.2 Å². The number of ether oxygens (including phenoxy) is 2. The lowest BCUT2D eigenvalue weighted by atomic mass is 9.91. The molecule has 2 N–H and O–H groups in total. The summed E-state index contributed by atoms with van der Waals surface area (Å²) in [6.45, 7) is 0.197. The molecule has 1 aliphatic heterocycles. The van der Waals surface area contributed by atoms with E-state index in [-0.39, 0.29) is 18.7 Å². The minimum absolute atomic E-state index is 0.0554. The van der Waals surface area contributed by atoms with Gasteiger partial charge >= 0.3 is 0 Å². The topological polar surface area (TPSA) is 63.4 Å². The number of para-hydroxylation sites is 1. The molecule has 5 rings (SSSR count). The second kappa shape index (κ2) is 5.95. The maximum atomic E-state index is 12.8. The Morgan fingerprint density at radius 2 is 2.08 bits per heavy atom. The van der Waals surface area contributed by atoms with Crippen molar-refractivity contribution in [2.45, 2.75) is 25.3 Å². The van der Waals surface area contributed by atoms with Crippen LogP contribution in [0.5, 0.6) is 11.5 Å². The van der Waals surface area contributed by atoms with Crippen molar-refractivity contribution in [2.75, 3.05) is 6.79 Å². The zero-order chi connectivity index (χ0) is 17.7. The van der Waals surface area contributed by atoms with Crippen LogP contribution in [0.2, 0.25) is 5.02 Å². The molecule has 0 unspecified atom stereocenters. The van der Waals surface area contributed by atoms with Crippen LogP contribution in [0.3, 0.4) is 0 Å². The Labute approximate surface area is 155 Å². The predicted octanol–water partition coefficient (Wildman–Crippen LogP) is 4.36. The molecule has 0 saturated carbocycles. The summed E-state index contributed by atoms with van der Waals surface area (Å²) in [6.07, 6.45) is 2.92. The molecule has 2 aromatic carbocycles. The molecule has 132 valence electrons. The van der Waals surface area contributed by atoms with Crippen LogP contribution < -0.4 is 14.8 Å². The molecule has 1 aliphatic carbocycles. The number of hydrogen-bond donors (Lipinski definition) is 2. The van der Waals surface area contributed by atoms with Gasteiger partial charge in [-0.2, -0.15) is 0 Å². The van der Waals surface area contributed by atoms with Gasteiger partial charge in [0.25, 0.3) is 5.91 Å². The second-order valence-corrected chi connectivity index (χ2v) is 7.07. The second-order valence-electron chi connectivity index (χ2n) is 6.67. The van der Waals surface area contributed by atoms with Gasteiger partial charge in [-0.25, -0.2) is 0 Å². The Bertz CT molecular complexity index is 1030. The number of fused-ring (bicyclic) bond motifs is 4. The summed E-state index contributed by atoms with van der Waals surface area (Å²) >= 11 is 6.34. The van der Waals surface area contributed by atoms with Crippen molar-refractivity contribution in [3.8, 4) is 11.5 Å². The van der Waals surface area contributed by atoms with E-state index in [1.165, 1.54) is 5.56 Å². The highest BCUT2D eigenvalue weighted by atomic mass is 35.5. The lowest BCUT2D eigenvalue weighted by Gasteiger charge is -2.24. The number of aromatic nitrogens is 1. The van der Waals surface area contributed by atoms with Crippen LogP contribution >= 0.6 is 11.6 Å². The summed E-state index contributed by atoms with van der Waals surface area (Å²) in [6, 6.07) is 11.1. The molecule has 6 heteroatoms. The van der Waals surface area contributed by atoms with Crippen molar-refractivity contribution < 1.29 is 14.3 Å². The van der Waals surface area contributed by atoms with Gasteiger partial charge in [0.1, 0.15) is 0 Å². The fourth-order valence-electron chi connectivity index (χ4n) is 3.88. The van der Waals surface area contributed by atoms with Crippen molar-refractivity contribution in [2.24, 2.45) is 0 Å². The lowest BCUT2D eigenvalue weighted by Crippen LogP contribution is -2.31. The van der Waals surface area contributed by atoms with Crippen LogP contribution in [0.25, 0.3) is 10.9 Å². The van der Waals surface area contributed by atoms with E-state index in [1.807, 2.05) is 12.1 Å². The number of aromatic amines is 1. The van der Waals surface area contributed by atoms with Gasteiger partial charge in [0.2, 0.25) is 6.79 Å². The number of amides is 1. The average Bonchev–Trinajstić information content (AvgIpc) is 3.27. The normalized spacial score (nSPS) is 18.0. The summed E-state index contributed by atoms with van der Waals surface area (Å²) < 4.78 is 10.7. The molecule has 0 spiro atoms. The molecule has 2 heterocycles. The highest BCUT2D eigenvalue weighted by Crippen LogP contribution is 2.37. The Balaban J connectivity index is 1.46. The van der Waals surface area contributed by atoms with E-state index in [0.717, 1.165) is 35.9 Å². The number of rotatable bonds is 2. The molecule has 0 fully saturated rings. The third-order valence-electron chi connectivity index (χ3n) is 5.13. The van der Waals surface area contributed by atoms with E-state index in [1.54, 1.807) is 18.2 Å². The molecular formula is C20H17ClN2O3. The Hall–Kier alpha value is -2.66. The molecular weight excluding hydrogens is 352 g/mol. The Morgan fingerprint density at radius 3 is 3.00 bits per heavy atom. The zero-order valence-corrected chi connectivity index (χ0v) is 14.7. The van der Waals surface area contributed by atoms with E-state index < -0.39 is 0 Å². The van der Waals surface area contributed by atoms with Gasteiger partial charge in [0, 0.05) is 16.6 Å². The minimum atomic E-state index is -0.120. The first-order chi connectivity index (χ1) is 12.7. The maximum Gasteiger partial charge on any atom is 0.251 e. The number of hydrogen-bond acceptors (Lipinski definition) is 3. The van der Waals surface area contributed by atoms with Gasteiger partial charge in [-0.3, -0.25) is 4.79 Å². The van der Waals surface area contributed by atoms with E-state index in [9.17, 15) is 4.79 Å². The summed E-state index contributed by atoms with van der Waals surface area (Å²) in [4.78, 5) is 16.2. The summed E-state index contributed by atoms with van der Waals surface area (Å²) in [5.41, 5.74) is 3.83. The Kier molecular flexibility index (Phi) is 3.57. The predicted molar refractivity (Wildman–Crippen MR) is 99.0 cm³/mol. The van der Waals surface area contributed by atoms with Crippen molar-refractivity contribution in [3.63, 3.8) is 0 Å². The standard InChI is InChI=1S/C20H17ClN2O3/c21-14-5-1-3-12-13-4-2-6-15(19(13)23-18(12)14)22-20(24)11-7-8-16-17(9-11)26-10-25-16/h1,3,5,7-9,15,23H,2,4,6,10H2,(H,22,24)/t15-/m0/s1. The molecule has 3 aromatic rings. The van der Waals surface area contributed by atoms with E-state index in [0.29, 0.717) is 22.1 Å². The number of halogens is 1. The molecule has 1 amide bonds. The van der Waals surface area contributed by atoms with Crippen LogP contribution in [0.4, 0.5) is 0 Å². The van der Waals surface area contributed by atoms with Crippen molar-refractivity contribution >= 4 is 28.4 Å². The van der Waals surface area contributed by atoms with Gasteiger partial charge < -0.3 is 19.8 Å². The van der Waals surface area contributed by atoms with Crippen LogP contribution in [-0.4, -0.2) is 17.7 Å². The number of aryl methyl sites for hydroxylation is 1. The maximum absolute atomic E-state index is 12.8. The summed E-state index contributed by atoms with van der Waals surface area (Å²) in [7, 11) is 0. The minimum Gasteiger partial charge on any atom is -0.454 e. The van der Waals surface area contributed by atoms with Gasteiger partial charge in [-0.15, -0.1) is 0 Å². The van der Waals surface area contributed by atoms with Gasteiger partial charge in [-0.05, 0) is 49.1 Å². The summed E-state index contributed by atoms with van der Waals surface area (Å²) in [5, 5.41) is 5.01. The number of benzene rings is 2.